The van der Waals surface area contributed by atoms with E-state index in [9.17, 15) is 18.4 Å². The fraction of sp³-hybridized carbons (Fsp3) is 0.400. The molecule has 1 aliphatic rings. The summed E-state index contributed by atoms with van der Waals surface area (Å²) in [6.45, 7) is -0.0302. The summed E-state index contributed by atoms with van der Waals surface area (Å²) in [4.78, 5) is 25.5. The van der Waals surface area contributed by atoms with Crippen molar-refractivity contribution in [1.29, 1.82) is 5.26 Å². The van der Waals surface area contributed by atoms with Gasteiger partial charge in [0.25, 0.3) is 5.91 Å². The van der Waals surface area contributed by atoms with E-state index in [0.29, 0.717) is 6.42 Å². The molecule has 2 N–H and O–H groups in total. The Kier molecular flexibility index (Phi) is 4.61. The molecule has 0 aliphatic carbocycles. The molecular formula is C15H15F2N3O3. The number of benzene rings is 1. The molecule has 0 aromatic heterocycles. The summed E-state index contributed by atoms with van der Waals surface area (Å²) >= 11 is 0. The molecule has 2 rings (SSSR count). The number of nitrogens with two attached hydrogens (primary N) is 1. The molecule has 6 nitrogen and oxygen atoms in total. The SMILES string of the molecule is COCC1(C(N)=O)CCCN1C(=O)c1c(F)cc(C#N)cc1F. The lowest BCUT2D eigenvalue weighted by Gasteiger charge is -2.35. The van der Waals surface area contributed by atoms with Crippen LogP contribution in [0.5, 0.6) is 0 Å². The lowest BCUT2D eigenvalue weighted by molar-refractivity contribution is -0.130. The van der Waals surface area contributed by atoms with Crippen molar-refractivity contribution in [2.24, 2.45) is 5.73 Å². The Hall–Kier alpha value is -2.53. The highest BCUT2D eigenvalue weighted by atomic mass is 19.1. The van der Waals surface area contributed by atoms with Gasteiger partial charge in [-0.25, -0.2) is 8.78 Å². The first-order valence-electron chi connectivity index (χ1n) is 6.87. The van der Waals surface area contributed by atoms with E-state index in [-0.39, 0.29) is 25.1 Å². The van der Waals surface area contributed by atoms with Crippen LogP contribution in [-0.2, 0) is 9.53 Å². The topological polar surface area (TPSA) is 96.4 Å². The van der Waals surface area contributed by atoms with Crippen LogP contribution in [0, 0.1) is 23.0 Å². The average molecular weight is 323 g/mol. The Morgan fingerprint density at radius 3 is 2.52 bits per heavy atom. The number of hydrogen-bond donors (Lipinski definition) is 1. The molecule has 1 heterocycles. The quantitative estimate of drug-likeness (QED) is 0.892. The summed E-state index contributed by atoms with van der Waals surface area (Å²) in [7, 11) is 1.34. The van der Waals surface area contributed by atoms with Gasteiger partial charge in [0.15, 0.2) is 0 Å². The van der Waals surface area contributed by atoms with Gasteiger partial charge in [-0.15, -0.1) is 0 Å². The molecule has 2 amide bonds. The number of primary amides is 1. The van der Waals surface area contributed by atoms with Gasteiger partial charge in [0.2, 0.25) is 5.91 Å². The van der Waals surface area contributed by atoms with Crippen LogP contribution < -0.4 is 5.73 Å². The number of nitrogens with zero attached hydrogens (tertiary/aromatic N) is 2. The Balaban J connectivity index is 2.48. The molecule has 0 bridgehead atoms. The molecule has 1 unspecified atom stereocenters. The number of methoxy groups -OCH3 is 1. The molecule has 122 valence electrons. The number of hydrogen-bond acceptors (Lipinski definition) is 4. The molecule has 23 heavy (non-hydrogen) atoms. The molecule has 1 aromatic carbocycles. The molecule has 0 saturated carbocycles. The van der Waals surface area contributed by atoms with Crippen molar-refractivity contribution in [1.82, 2.24) is 4.90 Å². The van der Waals surface area contributed by atoms with Crippen molar-refractivity contribution in [3.63, 3.8) is 0 Å². The highest BCUT2D eigenvalue weighted by Gasteiger charge is 2.49. The molecule has 8 heteroatoms. The van der Waals surface area contributed by atoms with E-state index in [0.717, 1.165) is 17.0 Å². The summed E-state index contributed by atoms with van der Waals surface area (Å²) < 4.78 is 33.1. The minimum Gasteiger partial charge on any atom is -0.382 e. The summed E-state index contributed by atoms with van der Waals surface area (Å²) in [6, 6.07) is 3.15. The predicted molar refractivity (Wildman–Crippen MR) is 75.1 cm³/mol. The van der Waals surface area contributed by atoms with E-state index in [1.165, 1.54) is 7.11 Å². The number of ether oxygens (including phenoxy) is 1. The fourth-order valence-electron chi connectivity index (χ4n) is 2.87. The minimum atomic E-state index is -1.43. The zero-order valence-corrected chi connectivity index (χ0v) is 12.4. The third-order valence-electron chi connectivity index (χ3n) is 3.96. The first-order valence-corrected chi connectivity index (χ1v) is 6.87. The van der Waals surface area contributed by atoms with E-state index in [4.69, 9.17) is 15.7 Å². The largest absolute Gasteiger partial charge is 0.382 e. The van der Waals surface area contributed by atoms with E-state index >= 15 is 0 Å². The second-order valence-corrected chi connectivity index (χ2v) is 5.32. The van der Waals surface area contributed by atoms with E-state index < -0.39 is 34.6 Å². The van der Waals surface area contributed by atoms with Crippen molar-refractivity contribution in [3.8, 4) is 6.07 Å². The molecule has 0 spiro atoms. The molecule has 1 saturated heterocycles. The number of amides is 2. The van der Waals surface area contributed by atoms with Crippen LogP contribution in [-0.4, -0.2) is 42.5 Å². The highest BCUT2D eigenvalue weighted by Crippen LogP contribution is 2.32. The number of likely N-dealkylation sites (tertiary alicyclic amines) is 1. The van der Waals surface area contributed by atoms with E-state index in [2.05, 4.69) is 0 Å². The first-order chi connectivity index (χ1) is 10.9. The van der Waals surface area contributed by atoms with Crippen LogP contribution in [0.15, 0.2) is 12.1 Å². The lowest BCUT2D eigenvalue weighted by Crippen LogP contribution is -2.59. The monoisotopic (exact) mass is 323 g/mol. The number of halogens is 2. The summed E-state index contributed by atoms with van der Waals surface area (Å²) in [6.07, 6.45) is 0.707. The smallest absolute Gasteiger partial charge is 0.260 e. The second-order valence-electron chi connectivity index (χ2n) is 5.32. The Morgan fingerprint density at radius 1 is 1.43 bits per heavy atom. The van der Waals surface area contributed by atoms with Crippen molar-refractivity contribution < 1.29 is 23.1 Å². The fourth-order valence-corrected chi connectivity index (χ4v) is 2.87. The Morgan fingerprint density at radius 2 is 2.04 bits per heavy atom. The van der Waals surface area contributed by atoms with Crippen LogP contribution in [0.3, 0.4) is 0 Å². The predicted octanol–water partition coefficient (Wildman–Crippen LogP) is 0.943. The summed E-state index contributed by atoms with van der Waals surface area (Å²) in [5.74, 6) is -4.10. The van der Waals surface area contributed by atoms with Gasteiger partial charge in [0.1, 0.15) is 22.7 Å². The number of rotatable bonds is 4. The van der Waals surface area contributed by atoms with Gasteiger partial charge in [0, 0.05) is 13.7 Å². The van der Waals surface area contributed by atoms with Crippen molar-refractivity contribution in [2.75, 3.05) is 20.3 Å². The van der Waals surface area contributed by atoms with E-state index in [1.807, 2.05) is 0 Å². The second kappa shape index (κ2) is 6.30. The van der Waals surface area contributed by atoms with Gasteiger partial charge in [-0.3, -0.25) is 9.59 Å². The summed E-state index contributed by atoms with van der Waals surface area (Å²) in [5.41, 5.74) is 2.92. The maximum atomic E-state index is 14.1. The lowest BCUT2D eigenvalue weighted by atomic mass is 9.95. The Bertz CT molecular complexity index is 679. The van der Waals surface area contributed by atoms with Crippen molar-refractivity contribution in [3.05, 3.63) is 34.9 Å². The standard InChI is InChI=1S/C15H15F2N3O3/c1-23-8-15(14(19)22)3-2-4-20(15)13(21)12-10(16)5-9(7-18)6-11(12)17/h5-6H,2-4,8H2,1H3,(H2,19,22). The molecular weight excluding hydrogens is 308 g/mol. The number of carbonyl (C=O) groups is 2. The van der Waals surface area contributed by atoms with Gasteiger partial charge < -0.3 is 15.4 Å². The third kappa shape index (κ3) is 2.75. The van der Waals surface area contributed by atoms with Crippen LogP contribution in [0.1, 0.15) is 28.8 Å². The zero-order chi connectivity index (χ0) is 17.2. The number of carbonyl (C=O) groups excluding carboxylic acids is 2. The van der Waals surface area contributed by atoms with Gasteiger partial charge in [-0.1, -0.05) is 0 Å². The number of nitriles is 1. The first kappa shape index (κ1) is 16.8. The Labute approximate surface area is 131 Å². The van der Waals surface area contributed by atoms with Crippen LogP contribution in [0.25, 0.3) is 0 Å². The van der Waals surface area contributed by atoms with Gasteiger partial charge in [-0.05, 0) is 25.0 Å². The van der Waals surface area contributed by atoms with E-state index in [1.54, 1.807) is 6.07 Å². The molecule has 1 aliphatic heterocycles. The van der Waals surface area contributed by atoms with Crippen LogP contribution in [0.4, 0.5) is 8.78 Å². The van der Waals surface area contributed by atoms with Gasteiger partial charge >= 0.3 is 0 Å². The molecule has 0 radical (unpaired) electrons. The van der Waals surface area contributed by atoms with Crippen LogP contribution >= 0.6 is 0 Å². The van der Waals surface area contributed by atoms with Crippen molar-refractivity contribution in [2.45, 2.75) is 18.4 Å². The van der Waals surface area contributed by atoms with Crippen LogP contribution in [0.2, 0.25) is 0 Å². The molecule has 1 aromatic rings. The molecule has 1 fully saturated rings. The highest BCUT2D eigenvalue weighted by molar-refractivity contribution is 6.00. The zero-order valence-electron chi connectivity index (χ0n) is 12.4. The average Bonchev–Trinajstić information content (AvgIpc) is 2.91. The summed E-state index contributed by atoms with van der Waals surface area (Å²) in [5, 5.41) is 8.70. The maximum absolute atomic E-state index is 14.1. The van der Waals surface area contributed by atoms with Crippen molar-refractivity contribution >= 4 is 11.8 Å². The third-order valence-corrected chi connectivity index (χ3v) is 3.96. The van der Waals surface area contributed by atoms with Gasteiger partial charge in [-0.2, -0.15) is 5.26 Å². The maximum Gasteiger partial charge on any atom is 0.260 e. The minimum absolute atomic E-state index is 0.129. The normalized spacial score (nSPS) is 20.3. The molecule has 1 atom stereocenters. The van der Waals surface area contributed by atoms with Gasteiger partial charge in [0.05, 0.1) is 18.2 Å².